The lowest BCUT2D eigenvalue weighted by Crippen LogP contribution is -1.89. The number of fused-ring (bicyclic) bond motifs is 1. The molecule has 4 aromatic rings. The molecular weight excluding hydrogens is 282 g/mol. The van der Waals surface area contributed by atoms with Gasteiger partial charge in [0.15, 0.2) is 5.82 Å². The molecule has 0 saturated carbocycles. The molecule has 4 rings (SSSR count). The predicted molar refractivity (Wildman–Crippen MR) is 78.2 cm³/mol. The average molecular weight is 293 g/mol. The first kappa shape index (κ1) is 12.6. The van der Waals surface area contributed by atoms with E-state index in [0.717, 1.165) is 10.8 Å². The topological polar surface area (TPSA) is 85.2 Å². The summed E-state index contributed by atoms with van der Waals surface area (Å²) in [4.78, 5) is 4.34. The van der Waals surface area contributed by atoms with Gasteiger partial charge in [0.05, 0.1) is 18.2 Å². The van der Waals surface area contributed by atoms with Crippen molar-refractivity contribution in [2.75, 3.05) is 0 Å². The first-order valence-electron chi connectivity index (χ1n) is 6.74. The van der Waals surface area contributed by atoms with Gasteiger partial charge in [-0.15, -0.1) is 0 Å². The smallest absolute Gasteiger partial charge is 0.262 e. The molecule has 2 aromatic carbocycles. The standard InChI is InChI=1S/C16H11N3O3/c20-13-6-5-10-3-1-2-4-12(10)15(13)16-18-14(19-22-16)9-11-7-8-17-21-11/h1-8,20H,9H2. The van der Waals surface area contributed by atoms with Crippen LogP contribution < -0.4 is 0 Å². The van der Waals surface area contributed by atoms with Crippen LogP contribution in [0.2, 0.25) is 0 Å². The average Bonchev–Trinajstić information content (AvgIpc) is 3.20. The van der Waals surface area contributed by atoms with E-state index < -0.39 is 0 Å². The Bertz CT molecular complexity index is 929. The van der Waals surface area contributed by atoms with E-state index in [2.05, 4.69) is 15.3 Å². The Labute approximate surface area is 125 Å². The summed E-state index contributed by atoms with van der Waals surface area (Å²) in [5, 5.41) is 19.6. The molecule has 6 heteroatoms. The summed E-state index contributed by atoms with van der Waals surface area (Å²) in [6.07, 6.45) is 1.95. The fourth-order valence-corrected chi connectivity index (χ4v) is 2.40. The summed E-state index contributed by atoms with van der Waals surface area (Å²) in [6.45, 7) is 0. The third-order valence-electron chi connectivity index (χ3n) is 3.41. The number of hydrogen-bond donors (Lipinski definition) is 1. The molecule has 0 spiro atoms. The number of benzene rings is 2. The molecule has 2 heterocycles. The highest BCUT2D eigenvalue weighted by molar-refractivity contribution is 5.97. The number of aromatic hydroxyl groups is 1. The van der Waals surface area contributed by atoms with E-state index in [1.54, 1.807) is 18.3 Å². The Morgan fingerprint density at radius 3 is 2.77 bits per heavy atom. The summed E-state index contributed by atoms with van der Waals surface area (Å²) >= 11 is 0. The lowest BCUT2D eigenvalue weighted by atomic mass is 10.0. The second-order valence-corrected chi connectivity index (χ2v) is 4.85. The fraction of sp³-hybridized carbons (Fsp3) is 0.0625. The first-order chi connectivity index (χ1) is 10.8. The molecule has 0 unspecified atom stereocenters. The molecule has 0 saturated heterocycles. The van der Waals surface area contributed by atoms with Crippen molar-refractivity contribution in [3.63, 3.8) is 0 Å². The molecule has 22 heavy (non-hydrogen) atoms. The highest BCUT2D eigenvalue weighted by Crippen LogP contribution is 2.35. The quantitative estimate of drug-likeness (QED) is 0.624. The van der Waals surface area contributed by atoms with Crippen LogP contribution in [-0.2, 0) is 6.42 Å². The minimum absolute atomic E-state index is 0.105. The van der Waals surface area contributed by atoms with Crippen molar-refractivity contribution in [2.45, 2.75) is 6.42 Å². The van der Waals surface area contributed by atoms with Crippen LogP contribution in [0.4, 0.5) is 0 Å². The van der Waals surface area contributed by atoms with E-state index in [9.17, 15) is 5.11 Å². The van der Waals surface area contributed by atoms with Crippen molar-refractivity contribution >= 4 is 10.8 Å². The van der Waals surface area contributed by atoms with Gasteiger partial charge in [-0.1, -0.05) is 40.6 Å². The molecule has 0 aliphatic carbocycles. The maximum atomic E-state index is 10.2. The molecule has 1 N–H and O–H groups in total. The Kier molecular flexibility index (Phi) is 2.86. The fourth-order valence-electron chi connectivity index (χ4n) is 2.40. The zero-order valence-electron chi connectivity index (χ0n) is 11.4. The van der Waals surface area contributed by atoms with Crippen LogP contribution in [0.15, 0.2) is 57.7 Å². The second-order valence-electron chi connectivity index (χ2n) is 4.85. The Hall–Kier alpha value is -3.15. The molecule has 0 aliphatic heterocycles. The Morgan fingerprint density at radius 1 is 1.00 bits per heavy atom. The van der Waals surface area contributed by atoms with Gasteiger partial charge < -0.3 is 14.2 Å². The molecule has 108 valence electrons. The van der Waals surface area contributed by atoms with Crippen LogP contribution in [0.5, 0.6) is 5.75 Å². The minimum atomic E-state index is 0.105. The van der Waals surface area contributed by atoms with Crippen LogP contribution in [0.3, 0.4) is 0 Å². The zero-order chi connectivity index (χ0) is 14.9. The van der Waals surface area contributed by atoms with Gasteiger partial charge in [-0.2, -0.15) is 4.98 Å². The summed E-state index contributed by atoms with van der Waals surface area (Å²) < 4.78 is 10.3. The van der Waals surface area contributed by atoms with Crippen molar-refractivity contribution < 1.29 is 14.2 Å². The van der Waals surface area contributed by atoms with Crippen molar-refractivity contribution in [2.24, 2.45) is 0 Å². The molecule has 0 bridgehead atoms. The minimum Gasteiger partial charge on any atom is -0.507 e. The number of phenols is 1. The monoisotopic (exact) mass is 293 g/mol. The summed E-state index contributed by atoms with van der Waals surface area (Å²) in [5.41, 5.74) is 0.536. The molecule has 0 radical (unpaired) electrons. The van der Waals surface area contributed by atoms with Crippen molar-refractivity contribution in [1.82, 2.24) is 15.3 Å². The van der Waals surface area contributed by atoms with Gasteiger partial charge in [-0.25, -0.2) is 0 Å². The van der Waals surface area contributed by atoms with Crippen LogP contribution in [0.25, 0.3) is 22.2 Å². The largest absolute Gasteiger partial charge is 0.507 e. The summed E-state index contributed by atoms with van der Waals surface area (Å²) in [6, 6.07) is 12.9. The summed E-state index contributed by atoms with van der Waals surface area (Å²) in [7, 11) is 0. The molecular formula is C16H11N3O3. The lowest BCUT2D eigenvalue weighted by molar-refractivity contribution is 0.382. The van der Waals surface area contributed by atoms with Gasteiger partial charge in [0, 0.05) is 6.07 Å². The maximum Gasteiger partial charge on any atom is 0.262 e. The predicted octanol–water partition coefficient (Wildman–Crippen LogP) is 3.17. The van der Waals surface area contributed by atoms with E-state index in [-0.39, 0.29) is 11.6 Å². The lowest BCUT2D eigenvalue weighted by Gasteiger charge is -2.04. The maximum absolute atomic E-state index is 10.2. The normalized spacial score (nSPS) is 11.1. The molecule has 6 nitrogen and oxygen atoms in total. The van der Waals surface area contributed by atoms with E-state index in [4.69, 9.17) is 9.05 Å². The van der Waals surface area contributed by atoms with Gasteiger partial charge in [-0.3, -0.25) is 0 Å². The van der Waals surface area contributed by atoms with Crippen LogP contribution >= 0.6 is 0 Å². The summed E-state index contributed by atoms with van der Waals surface area (Å²) in [5.74, 6) is 1.51. The molecule has 0 fully saturated rings. The molecule has 0 atom stereocenters. The van der Waals surface area contributed by atoms with Crippen molar-refractivity contribution in [3.05, 3.63) is 60.2 Å². The molecule has 0 amide bonds. The van der Waals surface area contributed by atoms with Gasteiger partial charge in [0.2, 0.25) is 0 Å². The first-order valence-corrected chi connectivity index (χ1v) is 6.74. The van der Waals surface area contributed by atoms with E-state index >= 15 is 0 Å². The van der Waals surface area contributed by atoms with Gasteiger partial charge >= 0.3 is 0 Å². The highest BCUT2D eigenvalue weighted by Gasteiger charge is 2.17. The van der Waals surface area contributed by atoms with Gasteiger partial charge in [0.25, 0.3) is 5.89 Å². The van der Waals surface area contributed by atoms with E-state index in [1.165, 1.54) is 0 Å². The van der Waals surface area contributed by atoms with Crippen molar-refractivity contribution in [1.29, 1.82) is 0 Å². The Balaban J connectivity index is 1.79. The van der Waals surface area contributed by atoms with Crippen LogP contribution in [0, 0.1) is 0 Å². The Morgan fingerprint density at radius 2 is 1.91 bits per heavy atom. The van der Waals surface area contributed by atoms with Crippen molar-refractivity contribution in [3.8, 4) is 17.2 Å². The van der Waals surface area contributed by atoms with E-state index in [1.807, 2.05) is 30.3 Å². The van der Waals surface area contributed by atoms with Crippen LogP contribution in [-0.4, -0.2) is 20.4 Å². The SMILES string of the molecule is Oc1ccc2ccccc2c1-c1nc(Cc2ccno2)no1. The second kappa shape index (κ2) is 5.00. The third kappa shape index (κ3) is 2.10. The number of nitrogens with zero attached hydrogens (tertiary/aromatic N) is 3. The van der Waals surface area contributed by atoms with Gasteiger partial charge in [-0.05, 0) is 16.8 Å². The number of aromatic nitrogens is 3. The molecule has 0 aliphatic rings. The third-order valence-corrected chi connectivity index (χ3v) is 3.41. The molecule has 2 aromatic heterocycles. The van der Waals surface area contributed by atoms with Crippen LogP contribution in [0.1, 0.15) is 11.6 Å². The number of phenolic OH excluding ortho intramolecular Hbond substituents is 1. The number of rotatable bonds is 3. The number of hydrogen-bond acceptors (Lipinski definition) is 6. The van der Waals surface area contributed by atoms with Gasteiger partial charge in [0.1, 0.15) is 11.5 Å². The van der Waals surface area contributed by atoms with E-state index in [0.29, 0.717) is 23.6 Å². The highest BCUT2D eigenvalue weighted by atomic mass is 16.5. The zero-order valence-corrected chi connectivity index (χ0v) is 11.4.